The van der Waals surface area contributed by atoms with Gasteiger partial charge >= 0.3 is 33.0 Å². The molecule has 0 aromatic rings. The first kappa shape index (κ1) is 28.6. The summed E-state index contributed by atoms with van der Waals surface area (Å²) in [4.78, 5) is 0. The fourth-order valence-corrected chi connectivity index (χ4v) is 4.95. The van der Waals surface area contributed by atoms with Crippen molar-refractivity contribution >= 4 is 18.7 Å². The third-order valence-electron chi connectivity index (χ3n) is 3.86. The predicted molar refractivity (Wildman–Crippen MR) is 108 cm³/mol. The number of hydrogen-bond acceptors (Lipinski definition) is 0. The van der Waals surface area contributed by atoms with E-state index in [1.165, 1.54) is 88.6 Å². The minimum absolute atomic E-state index is 0.765. The van der Waals surface area contributed by atoms with Gasteiger partial charge in [0.25, 0.3) is 0 Å². The molecular formula is C18H39F6PS. The summed E-state index contributed by atoms with van der Waals surface area (Å²) in [5.41, 5.74) is 0. The van der Waals surface area contributed by atoms with Crippen LogP contribution in [0.25, 0.3) is 0 Å². The summed E-state index contributed by atoms with van der Waals surface area (Å²) >= 11 is 0. The van der Waals surface area contributed by atoms with Crippen LogP contribution in [0.2, 0.25) is 0 Å². The van der Waals surface area contributed by atoms with Crippen molar-refractivity contribution in [1.82, 2.24) is 0 Å². The predicted octanol–water partition coefficient (Wildman–Crippen LogP) is 9.73. The van der Waals surface area contributed by atoms with Crippen LogP contribution in [0.4, 0.5) is 25.2 Å². The van der Waals surface area contributed by atoms with Crippen molar-refractivity contribution < 1.29 is 25.2 Å². The molecule has 0 heterocycles. The van der Waals surface area contributed by atoms with Crippen molar-refractivity contribution in [2.45, 2.75) is 97.8 Å². The molecule has 0 unspecified atom stereocenters. The van der Waals surface area contributed by atoms with Gasteiger partial charge in [0.2, 0.25) is 0 Å². The van der Waals surface area contributed by atoms with E-state index < -0.39 is 7.81 Å². The average Bonchev–Trinajstić information content (AvgIpc) is 2.47. The van der Waals surface area contributed by atoms with E-state index in [1.54, 1.807) is 5.75 Å². The second-order valence-electron chi connectivity index (χ2n) is 6.87. The Hall–Kier alpha value is 0.360. The van der Waals surface area contributed by atoms with Gasteiger partial charge in [-0.1, -0.05) is 59.3 Å². The van der Waals surface area contributed by atoms with Crippen LogP contribution in [0.1, 0.15) is 97.8 Å². The Balaban J connectivity index is 0. The number of unbranched alkanes of at least 4 members (excludes halogenated alkanes) is 9. The van der Waals surface area contributed by atoms with Crippen molar-refractivity contribution in [3.63, 3.8) is 0 Å². The standard InChI is InChI=1S/C18H39S.F6P/c1-4-7-10-11-12-15-18-19(16-13-8-5-2)17-14-9-6-3;1-7(2,3,4,5)6/h4-18H2,1-3H3;/q+1;-1. The molecule has 0 spiro atoms. The molecule has 0 aliphatic heterocycles. The zero-order chi connectivity index (χ0) is 20.6. The van der Waals surface area contributed by atoms with Gasteiger partial charge in [-0.3, -0.25) is 0 Å². The molecule has 0 nitrogen and oxygen atoms in total. The van der Waals surface area contributed by atoms with E-state index in [9.17, 15) is 25.2 Å². The zero-order valence-electron chi connectivity index (χ0n) is 16.7. The topological polar surface area (TPSA) is 0 Å². The van der Waals surface area contributed by atoms with Crippen molar-refractivity contribution in [1.29, 1.82) is 0 Å². The Morgan fingerprint density at radius 1 is 0.462 bits per heavy atom. The van der Waals surface area contributed by atoms with Crippen LogP contribution in [0.3, 0.4) is 0 Å². The maximum absolute atomic E-state index is 10.7. The normalized spacial score (nSPS) is 14.5. The Labute approximate surface area is 159 Å². The third kappa shape index (κ3) is 39.4. The van der Waals surface area contributed by atoms with E-state index in [0.29, 0.717) is 0 Å². The van der Waals surface area contributed by atoms with Crippen LogP contribution in [-0.2, 0) is 10.9 Å². The molecule has 0 bridgehead atoms. The van der Waals surface area contributed by atoms with Gasteiger partial charge in [-0.15, -0.1) is 0 Å². The van der Waals surface area contributed by atoms with Gasteiger partial charge in [-0.05, 0) is 49.4 Å². The van der Waals surface area contributed by atoms with E-state index >= 15 is 0 Å². The van der Waals surface area contributed by atoms with Gasteiger partial charge in [0, 0.05) is 0 Å². The molecule has 0 aromatic heterocycles. The molecule has 0 amide bonds. The van der Waals surface area contributed by atoms with Crippen molar-refractivity contribution in [3.8, 4) is 0 Å². The summed E-state index contributed by atoms with van der Waals surface area (Å²) in [5.74, 6) is 4.61. The third-order valence-corrected chi connectivity index (χ3v) is 6.46. The first-order valence-electron chi connectivity index (χ1n) is 10.0. The zero-order valence-corrected chi connectivity index (χ0v) is 18.4. The Morgan fingerprint density at radius 3 is 1.04 bits per heavy atom. The molecular weight excluding hydrogens is 393 g/mol. The molecule has 0 atom stereocenters. The Morgan fingerprint density at radius 2 is 0.692 bits per heavy atom. The molecule has 0 rings (SSSR count). The SMILES string of the molecule is CCCCCCCC[S+](CCCCC)CCCCC.F[P-](F)(F)(F)(F)F. The Bertz CT molecular complexity index is 296. The first-order valence-corrected chi connectivity index (χ1v) is 13.8. The van der Waals surface area contributed by atoms with E-state index in [1.807, 2.05) is 0 Å². The summed E-state index contributed by atoms with van der Waals surface area (Å²) < 4.78 is 59.2. The molecule has 0 N–H and O–H groups in total. The van der Waals surface area contributed by atoms with Crippen LogP contribution >= 0.6 is 7.81 Å². The molecule has 0 saturated heterocycles. The van der Waals surface area contributed by atoms with Crippen molar-refractivity contribution in [3.05, 3.63) is 0 Å². The number of rotatable bonds is 15. The van der Waals surface area contributed by atoms with Crippen LogP contribution in [0.5, 0.6) is 0 Å². The van der Waals surface area contributed by atoms with E-state index in [2.05, 4.69) is 20.8 Å². The van der Waals surface area contributed by atoms with E-state index in [0.717, 1.165) is 10.9 Å². The molecule has 0 aliphatic rings. The molecule has 0 radical (unpaired) electrons. The molecule has 0 fully saturated rings. The molecule has 0 aliphatic carbocycles. The van der Waals surface area contributed by atoms with Crippen LogP contribution < -0.4 is 0 Å². The summed E-state index contributed by atoms with van der Waals surface area (Å²) in [7, 11) is -9.89. The second kappa shape index (κ2) is 13.5. The molecule has 0 aromatic carbocycles. The fraction of sp³-hybridized carbons (Fsp3) is 1.00. The quantitative estimate of drug-likeness (QED) is 0.105. The van der Waals surface area contributed by atoms with Gasteiger partial charge in [0.1, 0.15) is 17.3 Å². The van der Waals surface area contributed by atoms with Gasteiger partial charge < -0.3 is 0 Å². The summed E-state index contributed by atoms with van der Waals surface area (Å²) in [6.45, 7) is 6.95. The minimum atomic E-state index is -10.7. The van der Waals surface area contributed by atoms with Crippen LogP contribution in [0, 0.1) is 0 Å². The van der Waals surface area contributed by atoms with Crippen molar-refractivity contribution in [2.75, 3.05) is 17.3 Å². The number of hydrogen-bond donors (Lipinski definition) is 0. The fourth-order valence-electron chi connectivity index (χ4n) is 2.51. The van der Waals surface area contributed by atoms with Crippen LogP contribution in [-0.4, -0.2) is 17.3 Å². The molecule has 26 heavy (non-hydrogen) atoms. The first-order chi connectivity index (χ1) is 11.8. The van der Waals surface area contributed by atoms with E-state index in [4.69, 9.17) is 0 Å². The van der Waals surface area contributed by atoms with E-state index in [-0.39, 0.29) is 0 Å². The second-order valence-corrected chi connectivity index (χ2v) is 11.2. The van der Waals surface area contributed by atoms with Gasteiger partial charge in [-0.2, -0.15) is 0 Å². The molecule has 8 heteroatoms. The Kier molecular flexibility index (Phi) is 14.9. The summed E-state index contributed by atoms with van der Waals surface area (Å²) in [5, 5.41) is 0. The van der Waals surface area contributed by atoms with Gasteiger partial charge in [-0.25, -0.2) is 0 Å². The monoisotopic (exact) mass is 432 g/mol. The van der Waals surface area contributed by atoms with Gasteiger partial charge in [0.05, 0.1) is 0 Å². The summed E-state index contributed by atoms with van der Waals surface area (Å²) in [6, 6.07) is 0. The van der Waals surface area contributed by atoms with Crippen LogP contribution in [0.15, 0.2) is 0 Å². The molecule has 0 saturated carbocycles. The van der Waals surface area contributed by atoms with Gasteiger partial charge in [0.15, 0.2) is 0 Å². The molecule has 164 valence electrons. The van der Waals surface area contributed by atoms with Crippen molar-refractivity contribution in [2.24, 2.45) is 0 Å². The average molecular weight is 433 g/mol. The summed E-state index contributed by atoms with van der Waals surface area (Å²) in [6.07, 6.45) is 17.4. The maximum atomic E-state index is 9.87. The number of halogens is 6.